The molecule has 4 rings (SSSR count). The fraction of sp³-hybridized carbons (Fsp3) is 0.400. The molecule has 2 aromatic heterocycles. The van der Waals surface area contributed by atoms with Gasteiger partial charge in [0.25, 0.3) is 11.8 Å². The van der Waals surface area contributed by atoms with Crippen molar-refractivity contribution in [2.45, 2.75) is 46.0 Å². The molecule has 2 heterocycles. The first kappa shape index (κ1) is 23.2. The molecule has 0 radical (unpaired) electrons. The summed E-state index contributed by atoms with van der Waals surface area (Å²) in [5, 5.41) is 6.74. The number of fused-ring (bicyclic) bond motifs is 2. The summed E-state index contributed by atoms with van der Waals surface area (Å²) in [6.07, 6.45) is 4.50. The number of benzene rings is 1. The van der Waals surface area contributed by atoms with Crippen LogP contribution >= 0.6 is 11.3 Å². The summed E-state index contributed by atoms with van der Waals surface area (Å²) >= 11 is 1.43. The van der Waals surface area contributed by atoms with E-state index in [9.17, 15) is 14.4 Å². The molecule has 0 aliphatic heterocycles. The van der Waals surface area contributed by atoms with Gasteiger partial charge in [0.1, 0.15) is 10.6 Å². The van der Waals surface area contributed by atoms with Crippen LogP contribution in [0.15, 0.2) is 33.5 Å². The highest BCUT2D eigenvalue weighted by Gasteiger charge is 2.27. The van der Waals surface area contributed by atoms with Crippen molar-refractivity contribution in [1.82, 2.24) is 5.32 Å². The van der Waals surface area contributed by atoms with Crippen LogP contribution in [0.5, 0.6) is 0 Å². The Balaban J connectivity index is 1.60. The van der Waals surface area contributed by atoms with Crippen molar-refractivity contribution in [1.29, 1.82) is 0 Å². The van der Waals surface area contributed by atoms with Crippen molar-refractivity contribution in [3.05, 3.63) is 61.8 Å². The van der Waals surface area contributed by atoms with Gasteiger partial charge >= 0.3 is 0 Å². The highest BCUT2D eigenvalue weighted by atomic mass is 32.1. The first-order valence-electron chi connectivity index (χ1n) is 11.3. The zero-order chi connectivity index (χ0) is 23.4. The Morgan fingerprint density at radius 2 is 2.00 bits per heavy atom. The molecule has 1 aromatic carbocycles. The minimum atomic E-state index is -0.541. The SMILES string of the molecule is CCOCCCNC(=O)c1c(NC(=O)c2cc(=O)c3cccc(C)c3o2)sc2c1CCCC2. The van der Waals surface area contributed by atoms with Crippen molar-refractivity contribution in [2.24, 2.45) is 0 Å². The molecule has 0 atom stereocenters. The third-order valence-electron chi connectivity index (χ3n) is 5.76. The van der Waals surface area contributed by atoms with Gasteiger partial charge in [-0.15, -0.1) is 11.3 Å². The number of carbonyl (C=O) groups is 2. The zero-order valence-corrected chi connectivity index (χ0v) is 19.7. The first-order chi connectivity index (χ1) is 16.0. The van der Waals surface area contributed by atoms with Crippen LogP contribution in [0.3, 0.4) is 0 Å². The number of ether oxygens (including phenoxy) is 1. The second kappa shape index (κ2) is 10.3. The highest BCUT2D eigenvalue weighted by molar-refractivity contribution is 7.17. The average Bonchev–Trinajstić information content (AvgIpc) is 3.17. The van der Waals surface area contributed by atoms with Gasteiger partial charge in [-0.1, -0.05) is 12.1 Å². The molecule has 0 unspecified atom stereocenters. The van der Waals surface area contributed by atoms with E-state index in [1.165, 1.54) is 17.4 Å². The fourth-order valence-electron chi connectivity index (χ4n) is 4.10. The van der Waals surface area contributed by atoms with Gasteiger partial charge in [-0.25, -0.2) is 0 Å². The molecule has 7 nitrogen and oxygen atoms in total. The maximum atomic E-state index is 13.1. The van der Waals surface area contributed by atoms with Gasteiger partial charge in [-0.05, 0) is 63.1 Å². The average molecular weight is 469 g/mol. The van der Waals surface area contributed by atoms with E-state index in [0.29, 0.717) is 41.3 Å². The summed E-state index contributed by atoms with van der Waals surface area (Å²) < 4.78 is 11.1. The summed E-state index contributed by atoms with van der Waals surface area (Å²) in [4.78, 5) is 39.8. The monoisotopic (exact) mass is 468 g/mol. The third-order valence-corrected chi connectivity index (χ3v) is 6.96. The van der Waals surface area contributed by atoms with Crippen LogP contribution in [0.4, 0.5) is 5.00 Å². The van der Waals surface area contributed by atoms with Gasteiger partial charge in [0.2, 0.25) is 0 Å². The largest absolute Gasteiger partial charge is 0.450 e. The fourth-order valence-corrected chi connectivity index (χ4v) is 5.38. The summed E-state index contributed by atoms with van der Waals surface area (Å²) in [5.41, 5.74) is 2.44. The Morgan fingerprint density at radius 3 is 2.82 bits per heavy atom. The smallest absolute Gasteiger partial charge is 0.292 e. The Kier molecular flexibility index (Phi) is 7.25. The lowest BCUT2D eigenvalue weighted by Gasteiger charge is -2.13. The minimum absolute atomic E-state index is 0.0729. The molecular weight excluding hydrogens is 440 g/mol. The summed E-state index contributed by atoms with van der Waals surface area (Å²) in [6.45, 7) is 5.49. The second-order valence-electron chi connectivity index (χ2n) is 8.10. The van der Waals surface area contributed by atoms with Crippen LogP contribution in [0.1, 0.15) is 63.1 Å². The number of thiophene rings is 1. The van der Waals surface area contributed by atoms with Crippen molar-refractivity contribution in [3.8, 4) is 0 Å². The van der Waals surface area contributed by atoms with E-state index in [2.05, 4.69) is 10.6 Å². The third kappa shape index (κ3) is 5.02. The standard InChI is InChI=1S/C25H28N2O5S/c1-3-31-13-7-12-26-24(30)21-17-9-4-5-11-20(17)33-25(21)27-23(29)19-14-18(28)16-10-6-8-15(2)22(16)32-19/h6,8,10,14H,3-5,7,9,11-13H2,1-2H3,(H,26,30)(H,27,29). The molecule has 2 N–H and O–H groups in total. The number of para-hydroxylation sites is 1. The number of anilines is 1. The van der Waals surface area contributed by atoms with Gasteiger partial charge < -0.3 is 19.8 Å². The Labute approximate surface area is 196 Å². The van der Waals surface area contributed by atoms with Crippen LogP contribution in [-0.4, -0.2) is 31.6 Å². The van der Waals surface area contributed by atoms with Gasteiger partial charge in [-0.2, -0.15) is 0 Å². The van der Waals surface area contributed by atoms with E-state index in [1.807, 2.05) is 19.9 Å². The Morgan fingerprint density at radius 1 is 1.18 bits per heavy atom. The maximum Gasteiger partial charge on any atom is 0.292 e. The summed E-state index contributed by atoms with van der Waals surface area (Å²) in [7, 11) is 0. The predicted octanol–water partition coefficient (Wildman–Crippen LogP) is 4.45. The lowest BCUT2D eigenvalue weighted by molar-refractivity contribution is 0.0944. The lowest BCUT2D eigenvalue weighted by atomic mass is 9.95. The topological polar surface area (TPSA) is 97.6 Å². The van der Waals surface area contributed by atoms with Crippen molar-refractivity contribution in [2.75, 3.05) is 25.1 Å². The van der Waals surface area contributed by atoms with Gasteiger partial charge in [0.15, 0.2) is 11.2 Å². The van der Waals surface area contributed by atoms with E-state index >= 15 is 0 Å². The van der Waals surface area contributed by atoms with Crippen LogP contribution in [0.25, 0.3) is 11.0 Å². The van der Waals surface area contributed by atoms with E-state index in [4.69, 9.17) is 9.15 Å². The molecular formula is C25H28N2O5S. The molecule has 1 aliphatic carbocycles. The van der Waals surface area contributed by atoms with E-state index in [-0.39, 0.29) is 17.1 Å². The number of nitrogens with one attached hydrogen (secondary N) is 2. The predicted molar refractivity (Wildman–Crippen MR) is 130 cm³/mol. The molecule has 8 heteroatoms. The summed E-state index contributed by atoms with van der Waals surface area (Å²) in [5.74, 6) is -0.811. The quantitative estimate of drug-likeness (QED) is 0.476. The maximum absolute atomic E-state index is 13.1. The molecule has 174 valence electrons. The van der Waals surface area contributed by atoms with Crippen LogP contribution < -0.4 is 16.1 Å². The Hall–Kier alpha value is -2.97. The van der Waals surface area contributed by atoms with Gasteiger partial charge in [-0.3, -0.25) is 14.4 Å². The zero-order valence-electron chi connectivity index (χ0n) is 18.9. The number of amides is 2. The van der Waals surface area contributed by atoms with E-state index in [0.717, 1.165) is 48.1 Å². The van der Waals surface area contributed by atoms with Crippen LogP contribution in [0, 0.1) is 6.92 Å². The van der Waals surface area contributed by atoms with Crippen molar-refractivity contribution in [3.63, 3.8) is 0 Å². The lowest BCUT2D eigenvalue weighted by Crippen LogP contribution is -2.27. The van der Waals surface area contributed by atoms with E-state index in [1.54, 1.807) is 12.1 Å². The molecule has 3 aromatic rings. The minimum Gasteiger partial charge on any atom is -0.450 e. The van der Waals surface area contributed by atoms with E-state index < -0.39 is 5.91 Å². The molecule has 0 spiro atoms. The molecule has 0 bridgehead atoms. The molecule has 0 saturated carbocycles. The number of aryl methyl sites for hydroxylation is 2. The molecule has 0 fully saturated rings. The number of hydrogen-bond acceptors (Lipinski definition) is 6. The van der Waals surface area contributed by atoms with Gasteiger partial charge in [0, 0.05) is 30.7 Å². The number of carbonyl (C=O) groups excluding carboxylic acids is 2. The molecule has 2 amide bonds. The van der Waals surface area contributed by atoms with Gasteiger partial charge in [0.05, 0.1) is 10.9 Å². The van der Waals surface area contributed by atoms with Crippen molar-refractivity contribution < 1.29 is 18.7 Å². The molecule has 1 aliphatic rings. The van der Waals surface area contributed by atoms with Crippen LogP contribution in [0.2, 0.25) is 0 Å². The number of rotatable bonds is 8. The first-order valence-corrected chi connectivity index (χ1v) is 12.2. The molecule has 33 heavy (non-hydrogen) atoms. The number of hydrogen-bond donors (Lipinski definition) is 2. The second-order valence-corrected chi connectivity index (χ2v) is 9.21. The Bertz CT molecular complexity index is 1240. The van der Waals surface area contributed by atoms with Crippen molar-refractivity contribution >= 4 is 39.1 Å². The van der Waals surface area contributed by atoms with Crippen LogP contribution in [-0.2, 0) is 17.6 Å². The highest BCUT2D eigenvalue weighted by Crippen LogP contribution is 2.38. The summed E-state index contributed by atoms with van der Waals surface area (Å²) in [6, 6.07) is 6.49. The molecule has 0 saturated heterocycles. The normalized spacial score (nSPS) is 13.0.